The molecule has 0 aliphatic heterocycles. The Morgan fingerprint density at radius 1 is 1.40 bits per heavy atom. The molecule has 54 valence electrons. The van der Waals surface area contributed by atoms with Crippen molar-refractivity contribution in [1.82, 2.24) is 4.98 Å². The lowest BCUT2D eigenvalue weighted by Gasteiger charge is -2.01. The standard InChI is InChI=1S/C5H6NO3P/c7-10(8)9-5-3-1-2-4-6-5/h1-4,7-8H. The summed E-state index contributed by atoms with van der Waals surface area (Å²) in [7, 11) is -2.34. The van der Waals surface area contributed by atoms with Gasteiger partial charge in [0, 0.05) is 12.3 Å². The molecule has 0 unspecified atom stereocenters. The van der Waals surface area contributed by atoms with Crippen LogP contribution in [-0.2, 0) is 0 Å². The third-order valence-corrected chi connectivity index (χ3v) is 1.16. The second kappa shape index (κ2) is 3.46. The van der Waals surface area contributed by atoms with Gasteiger partial charge in [-0.15, -0.1) is 0 Å². The van der Waals surface area contributed by atoms with Crippen molar-refractivity contribution in [2.24, 2.45) is 0 Å². The molecule has 0 amide bonds. The van der Waals surface area contributed by atoms with E-state index in [1.54, 1.807) is 18.2 Å². The Balaban J connectivity index is 2.59. The van der Waals surface area contributed by atoms with Crippen molar-refractivity contribution in [3.8, 4) is 5.88 Å². The second-order valence-electron chi connectivity index (χ2n) is 1.51. The van der Waals surface area contributed by atoms with E-state index in [4.69, 9.17) is 9.79 Å². The molecule has 1 aromatic heterocycles. The molecule has 1 heterocycles. The number of rotatable bonds is 2. The van der Waals surface area contributed by atoms with Crippen LogP contribution in [0.2, 0.25) is 0 Å². The third-order valence-electron chi connectivity index (χ3n) is 0.813. The molecule has 0 aliphatic carbocycles. The average molecular weight is 159 g/mol. The fraction of sp³-hybridized carbons (Fsp3) is 0. The van der Waals surface area contributed by atoms with Gasteiger partial charge >= 0.3 is 8.60 Å². The van der Waals surface area contributed by atoms with Crippen LogP contribution in [0.3, 0.4) is 0 Å². The monoisotopic (exact) mass is 159 g/mol. The normalized spacial score (nSPS) is 9.90. The predicted molar refractivity (Wildman–Crippen MR) is 36.2 cm³/mol. The minimum Gasteiger partial charge on any atom is -0.409 e. The molecule has 5 heteroatoms. The lowest BCUT2D eigenvalue weighted by atomic mass is 10.5. The Kier molecular flexibility index (Phi) is 2.57. The predicted octanol–water partition coefficient (Wildman–Crippen LogP) is 0.672. The molecule has 0 saturated heterocycles. The number of hydrogen-bond acceptors (Lipinski definition) is 4. The van der Waals surface area contributed by atoms with E-state index in [0.717, 1.165) is 0 Å². The molecule has 0 fully saturated rings. The summed E-state index contributed by atoms with van der Waals surface area (Å²) in [6.45, 7) is 0. The van der Waals surface area contributed by atoms with Crippen molar-refractivity contribution in [2.45, 2.75) is 0 Å². The Hall–Kier alpha value is -0.700. The smallest absolute Gasteiger partial charge is 0.392 e. The Labute approximate surface area is 59.1 Å². The molecule has 0 radical (unpaired) electrons. The molecule has 2 N–H and O–H groups in total. The lowest BCUT2D eigenvalue weighted by Crippen LogP contribution is -1.86. The molecular formula is C5H6NO3P. The molecule has 1 rings (SSSR count). The minimum absolute atomic E-state index is 0.221. The van der Waals surface area contributed by atoms with E-state index in [2.05, 4.69) is 9.51 Å². The van der Waals surface area contributed by atoms with Crippen LogP contribution in [0.1, 0.15) is 0 Å². The van der Waals surface area contributed by atoms with Gasteiger partial charge in [-0.05, 0) is 6.07 Å². The maximum Gasteiger partial charge on any atom is 0.392 e. The summed E-state index contributed by atoms with van der Waals surface area (Å²) in [6.07, 6.45) is 1.51. The quantitative estimate of drug-likeness (QED) is 0.622. The SMILES string of the molecule is OP(O)Oc1ccccn1. The highest BCUT2D eigenvalue weighted by molar-refractivity contribution is 7.39. The zero-order valence-corrected chi connectivity index (χ0v) is 5.90. The number of hydrogen-bond donors (Lipinski definition) is 2. The topological polar surface area (TPSA) is 62.6 Å². The van der Waals surface area contributed by atoms with Crippen molar-refractivity contribution in [3.05, 3.63) is 24.4 Å². The molecule has 0 spiro atoms. The van der Waals surface area contributed by atoms with Gasteiger partial charge < -0.3 is 14.3 Å². The van der Waals surface area contributed by atoms with Gasteiger partial charge in [-0.2, -0.15) is 0 Å². The highest BCUT2D eigenvalue weighted by Crippen LogP contribution is 2.26. The van der Waals surface area contributed by atoms with E-state index in [1.165, 1.54) is 6.20 Å². The van der Waals surface area contributed by atoms with Gasteiger partial charge in [0.05, 0.1) is 0 Å². The molecular weight excluding hydrogens is 153 g/mol. The first kappa shape index (κ1) is 7.41. The van der Waals surface area contributed by atoms with Gasteiger partial charge in [-0.3, -0.25) is 0 Å². The first-order chi connectivity index (χ1) is 4.79. The summed E-state index contributed by atoms with van der Waals surface area (Å²) in [5.41, 5.74) is 0. The van der Waals surface area contributed by atoms with E-state index < -0.39 is 8.60 Å². The number of nitrogens with zero attached hydrogens (tertiary/aromatic N) is 1. The molecule has 4 nitrogen and oxygen atoms in total. The van der Waals surface area contributed by atoms with E-state index in [0.29, 0.717) is 0 Å². The first-order valence-corrected chi connectivity index (χ1v) is 3.72. The maximum absolute atomic E-state index is 8.36. The van der Waals surface area contributed by atoms with Crippen LogP contribution in [0.5, 0.6) is 5.88 Å². The number of aromatic nitrogens is 1. The Morgan fingerprint density at radius 2 is 2.20 bits per heavy atom. The van der Waals surface area contributed by atoms with Gasteiger partial charge in [0.25, 0.3) is 0 Å². The lowest BCUT2D eigenvalue weighted by molar-refractivity contribution is 0.369. The van der Waals surface area contributed by atoms with E-state index in [-0.39, 0.29) is 5.88 Å². The summed E-state index contributed by atoms with van der Waals surface area (Å²) >= 11 is 0. The molecule has 0 bridgehead atoms. The zero-order chi connectivity index (χ0) is 7.40. The molecule has 0 saturated carbocycles. The summed E-state index contributed by atoms with van der Waals surface area (Å²) < 4.78 is 4.48. The van der Waals surface area contributed by atoms with Gasteiger partial charge in [-0.25, -0.2) is 4.98 Å². The Bertz CT molecular complexity index is 191. The van der Waals surface area contributed by atoms with Crippen molar-refractivity contribution in [3.63, 3.8) is 0 Å². The summed E-state index contributed by atoms with van der Waals surface area (Å²) in [6, 6.07) is 4.95. The van der Waals surface area contributed by atoms with Crippen molar-refractivity contribution < 1.29 is 14.3 Å². The number of pyridine rings is 1. The Morgan fingerprint density at radius 3 is 2.70 bits per heavy atom. The van der Waals surface area contributed by atoms with Crippen LogP contribution >= 0.6 is 8.60 Å². The van der Waals surface area contributed by atoms with Crippen LogP contribution in [0.4, 0.5) is 0 Å². The first-order valence-electron chi connectivity index (χ1n) is 2.56. The van der Waals surface area contributed by atoms with Crippen LogP contribution in [0.25, 0.3) is 0 Å². The fourth-order valence-corrected chi connectivity index (χ4v) is 0.760. The van der Waals surface area contributed by atoms with Gasteiger partial charge in [-0.1, -0.05) is 6.07 Å². The minimum atomic E-state index is -2.34. The van der Waals surface area contributed by atoms with Crippen LogP contribution in [0.15, 0.2) is 24.4 Å². The highest BCUT2D eigenvalue weighted by atomic mass is 31.2. The van der Waals surface area contributed by atoms with Gasteiger partial charge in [0.1, 0.15) is 0 Å². The molecule has 0 aliphatic rings. The summed E-state index contributed by atoms with van der Waals surface area (Å²) in [5, 5.41) is 0. The van der Waals surface area contributed by atoms with Crippen LogP contribution < -0.4 is 4.52 Å². The molecule has 0 atom stereocenters. The molecule has 0 aromatic carbocycles. The zero-order valence-electron chi connectivity index (χ0n) is 5.01. The van der Waals surface area contributed by atoms with Crippen LogP contribution in [0, 0.1) is 0 Å². The van der Waals surface area contributed by atoms with Crippen molar-refractivity contribution in [2.75, 3.05) is 0 Å². The average Bonchev–Trinajstić information content (AvgIpc) is 1.88. The van der Waals surface area contributed by atoms with E-state index in [9.17, 15) is 0 Å². The van der Waals surface area contributed by atoms with E-state index >= 15 is 0 Å². The summed E-state index contributed by atoms with van der Waals surface area (Å²) in [5.74, 6) is 0.221. The second-order valence-corrected chi connectivity index (χ2v) is 2.20. The maximum atomic E-state index is 8.36. The van der Waals surface area contributed by atoms with Gasteiger partial charge in [0.15, 0.2) is 0 Å². The third kappa shape index (κ3) is 2.27. The van der Waals surface area contributed by atoms with Crippen molar-refractivity contribution in [1.29, 1.82) is 0 Å². The van der Waals surface area contributed by atoms with Gasteiger partial charge in [0.2, 0.25) is 5.88 Å². The molecule has 1 aromatic rings. The largest absolute Gasteiger partial charge is 0.409 e. The fourth-order valence-electron chi connectivity index (χ4n) is 0.485. The van der Waals surface area contributed by atoms with Crippen LogP contribution in [-0.4, -0.2) is 14.8 Å². The molecule has 10 heavy (non-hydrogen) atoms. The summed E-state index contributed by atoms with van der Waals surface area (Å²) in [4.78, 5) is 20.4. The van der Waals surface area contributed by atoms with Crippen molar-refractivity contribution >= 4 is 8.60 Å². The highest BCUT2D eigenvalue weighted by Gasteiger charge is 2.00. The van der Waals surface area contributed by atoms with E-state index in [1.807, 2.05) is 0 Å².